The van der Waals surface area contributed by atoms with Gasteiger partial charge in [0.2, 0.25) is 0 Å². The molecule has 20 heavy (non-hydrogen) atoms. The van der Waals surface area contributed by atoms with Crippen molar-refractivity contribution in [2.75, 3.05) is 11.4 Å². The third kappa shape index (κ3) is 2.33. The summed E-state index contributed by atoms with van der Waals surface area (Å²) in [5.74, 6) is -0.145. The standard InChI is InChI=1S/C13H12BrClN4O/c1-18-16-7-11(17-18)13(20)19-4-2-3-9-10(14)5-8(15)6-12(9)19/h5-7H,2-4H2,1H3. The second kappa shape index (κ2) is 5.18. The number of benzene rings is 1. The lowest BCUT2D eigenvalue weighted by atomic mass is 10.0. The predicted octanol–water partition coefficient (Wildman–Crippen LogP) is 2.82. The van der Waals surface area contributed by atoms with E-state index in [0.29, 0.717) is 17.3 Å². The Morgan fingerprint density at radius 1 is 1.45 bits per heavy atom. The number of aromatic nitrogens is 3. The fourth-order valence-corrected chi connectivity index (χ4v) is 3.40. The van der Waals surface area contributed by atoms with Gasteiger partial charge < -0.3 is 4.90 Å². The van der Waals surface area contributed by atoms with Crippen LogP contribution < -0.4 is 4.90 Å². The molecule has 0 N–H and O–H groups in total. The van der Waals surface area contributed by atoms with Crippen LogP contribution >= 0.6 is 27.5 Å². The second-order valence-corrected chi connectivity index (χ2v) is 5.96. The SMILES string of the molecule is Cn1ncc(C(=O)N2CCCc3c(Br)cc(Cl)cc32)n1. The van der Waals surface area contributed by atoms with Crippen LogP contribution in [0, 0.1) is 0 Å². The quantitative estimate of drug-likeness (QED) is 0.790. The summed E-state index contributed by atoms with van der Waals surface area (Å²) >= 11 is 9.62. The fourth-order valence-electron chi connectivity index (χ4n) is 2.41. The van der Waals surface area contributed by atoms with Crippen LogP contribution in [-0.4, -0.2) is 27.4 Å². The van der Waals surface area contributed by atoms with Crippen molar-refractivity contribution in [1.29, 1.82) is 0 Å². The van der Waals surface area contributed by atoms with Gasteiger partial charge in [-0.25, -0.2) is 0 Å². The Balaban J connectivity index is 2.03. The summed E-state index contributed by atoms with van der Waals surface area (Å²) in [5.41, 5.74) is 2.31. The van der Waals surface area contributed by atoms with Crippen LogP contribution in [0.25, 0.3) is 0 Å². The van der Waals surface area contributed by atoms with E-state index >= 15 is 0 Å². The Hall–Kier alpha value is -1.40. The lowest BCUT2D eigenvalue weighted by Gasteiger charge is -2.29. The summed E-state index contributed by atoms with van der Waals surface area (Å²) < 4.78 is 0.941. The molecule has 1 aromatic heterocycles. The van der Waals surface area contributed by atoms with Crippen LogP contribution in [0.3, 0.4) is 0 Å². The molecule has 2 heterocycles. The highest BCUT2D eigenvalue weighted by molar-refractivity contribution is 9.10. The molecular weight excluding hydrogens is 344 g/mol. The molecule has 0 radical (unpaired) electrons. The third-order valence-electron chi connectivity index (χ3n) is 3.30. The average molecular weight is 356 g/mol. The number of nitrogens with zero attached hydrogens (tertiary/aromatic N) is 4. The molecule has 3 rings (SSSR count). The molecule has 7 heteroatoms. The number of fused-ring (bicyclic) bond motifs is 1. The maximum atomic E-state index is 12.6. The van der Waals surface area contributed by atoms with E-state index in [-0.39, 0.29) is 5.91 Å². The molecule has 104 valence electrons. The Bertz CT molecular complexity index is 685. The number of aryl methyl sites for hydroxylation is 1. The first-order chi connectivity index (χ1) is 9.56. The Labute approximate surface area is 129 Å². The highest BCUT2D eigenvalue weighted by Crippen LogP contribution is 2.36. The third-order valence-corrected chi connectivity index (χ3v) is 4.23. The van der Waals surface area contributed by atoms with E-state index < -0.39 is 0 Å². The van der Waals surface area contributed by atoms with Crippen LogP contribution in [0.4, 0.5) is 5.69 Å². The van der Waals surface area contributed by atoms with Crippen molar-refractivity contribution in [3.05, 3.63) is 39.1 Å². The lowest BCUT2D eigenvalue weighted by Crippen LogP contribution is -2.36. The van der Waals surface area contributed by atoms with E-state index in [2.05, 4.69) is 26.1 Å². The summed E-state index contributed by atoms with van der Waals surface area (Å²) in [5, 5.41) is 8.63. The zero-order valence-electron chi connectivity index (χ0n) is 10.8. The second-order valence-electron chi connectivity index (χ2n) is 4.66. The highest BCUT2D eigenvalue weighted by atomic mass is 79.9. The molecule has 2 aromatic rings. The Morgan fingerprint density at radius 3 is 2.95 bits per heavy atom. The van der Waals surface area contributed by atoms with Gasteiger partial charge in [-0.3, -0.25) is 4.79 Å². The summed E-state index contributed by atoms with van der Waals surface area (Å²) in [6.45, 7) is 0.662. The molecule has 1 amide bonds. The van der Waals surface area contributed by atoms with Gasteiger partial charge in [-0.1, -0.05) is 27.5 Å². The van der Waals surface area contributed by atoms with Crippen LogP contribution in [-0.2, 0) is 13.5 Å². The van der Waals surface area contributed by atoms with Gasteiger partial charge in [0.05, 0.1) is 6.20 Å². The minimum absolute atomic E-state index is 0.145. The maximum absolute atomic E-state index is 12.6. The van der Waals surface area contributed by atoms with Crippen LogP contribution in [0.5, 0.6) is 0 Å². The molecule has 0 fully saturated rings. The monoisotopic (exact) mass is 354 g/mol. The summed E-state index contributed by atoms with van der Waals surface area (Å²) in [6.07, 6.45) is 3.33. The first kappa shape index (κ1) is 13.6. The number of rotatable bonds is 1. The molecule has 1 aliphatic heterocycles. The number of hydrogen-bond acceptors (Lipinski definition) is 3. The average Bonchev–Trinajstić information content (AvgIpc) is 2.84. The summed E-state index contributed by atoms with van der Waals surface area (Å²) in [7, 11) is 1.69. The molecule has 0 bridgehead atoms. The summed E-state index contributed by atoms with van der Waals surface area (Å²) in [6, 6.07) is 3.69. The molecular formula is C13H12BrClN4O. The van der Waals surface area contributed by atoms with Crippen molar-refractivity contribution in [3.63, 3.8) is 0 Å². The minimum Gasteiger partial charge on any atom is -0.307 e. The number of halogens is 2. The van der Waals surface area contributed by atoms with Gasteiger partial charge in [-0.05, 0) is 30.5 Å². The fraction of sp³-hybridized carbons (Fsp3) is 0.308. The molecule has 5 nitrogen and oxygen atoms in total. The summed E-state index contributed by atoms with van der Waals surface area (Å²) in [4.78, 5) is 15.7. The zero-order chi connectivity index (χ0) is 14.3. The van der Waals surface area contributed by atoms with Crippen LogP contribution in [0.2, 0.25) is 5.02 Å². The topological polar surface area (TPSA) is 51.0 Å². The van der Waals surface area contributed by atoms with Crippen molar-refractivity contribution in [1.82, 2.24) is 15.0 Å². The number of carbonyl (C=O) groups excluding carboxylic acids is 1. The van der Waals surface area contributed by atoms with Crippen molar-refractivity contribution in [2.24, 2.45) is 7.05 Å². The van der Waals surface area contributed by atoms with Crippen molar-refractivity contribution < 1.29 is 4.79 Å². The largest absolute Gasteiger partial charge is 0.307 e. The van der Waals surface area contributed by atoms with Crippen LogP contribution in [0.1, 0.15) is 22.5 Å². The Kier molecular flexibility index (Phi) is 3.52. The van der Waals surface area contributed by atoms with Gasteiger partial charge in [0.25, 0.3) is 5.91 Å². The number of anilines is 1. The molecule has 1 aromatic carbocycles. The van der Waals surface area contributed by atoms with Gasteiger partial charge >= 0.3 is 0 Å². The van der Waals surface area contributed by atoms with Gasteiger partial charge in [-0.2, -0.15) is 9.90 Å². The van der Waals surface area contributed by atoms with E-state index in [1.54, 1.807) is 11.9 Å². The number of hydrogen-bond donors (Lipinski definition) is 0. The van der Waals surface area contributed by atoms with E-state index in [1.807, 2.05) is 12.1 Å². The minimum atomic E-state index is -0.145. The Morgan fingerprint density at radius 2 is 2.25 bits per heavy atom. The molecule has 0 spiro atoms. The highest BCUT2D eigenvalue weighted by Gasteiger charge is 2.27. The van der Waals surface area contributed by atoms with Gasteiger partial charge in [0, 0.05) is 28.8 Å². The molecule has 0 saturated carbocycles. The van der Waals surface area contributed by atoms with Crippen molar-refractivity contribution in [3.8, 4) is 0 Å². The number of carbonyl (C=O) groups is 1. The first-order valence-electron chi connectivity index (χ1n) is 6.22. The normalized spacial score (nSPS) is 14.2. The van der Waals surface area contributed by atoms with E-state index in [9.17, 15) is 4.79 Å². The first-order valence-corrected chi connectivity index (χ1v) is 7.39. The molecule has 0 unspecified atom stereocenters. The molecule has 1 aliphatic rings. The maximum Gasteiger partial charge on any atom is 0.280 e. The van der Waals surface area contributed by atoms with Crippen molar-refractivity contribution >= 4 is 39.1 Å². The zero-order valence-corrected chi connectivity index (χ0v) is 13.1. The van der Waals surface area contributed by atoms with Gasteiger partial charge in [-0.15, -0.1) is 5.10 Å². The van der Waals surface area contributed by atoms with Crippen molar-refractivity contribution in [2.45, 2.75) is 12.8 Å². The smallest absolute Gasteiger partial charge is 0.280 e. The lowest BCUT2D eigenvalue weighted by molar-refractivity contribution is 0.0979. The molecule has 0 atom stereocenters. The number of amides is 1. The van der Waals surface area contributed by atoms with Gasteiger partial charge in [0.1, 0.15) is 0 Å². The van der Waals surface area contributed by atoms with Crippen LogP contribution in [0.15, 0.2) is 22.8 Å². The predicted molar refractivity (Wildman–Crippen MR) is 80.2 cm³/mol. The van der Waals surface area contributed by atoms with E-state index in [1.165, 1.54) is 11.0 Å². The van der Waals surface area contributed by atoms with Gasteiger partial charge in [0.15, 0.2) is 5.69 Å². The van der Waals surface area contributed by atoms with E-state index in [4.69, 9.17) is 11.6 Å². The molecule has 0 aliphatic carbocycles. The molecule has 0 saturated heterocycles. The van der Waals surface area contributed by atoms with E-state index in [0.717, 1.165) is 28.6 Å².